The van der Waals surface area contributed by atoms with Crippen molar-refractivity contribution in [2.45, 2.75) is 19.3 Å². The zero-order chi connectivity index (χ0) is 38.8. The Morgan fingerprint density at radius 3 is 1.71 bits per heavy atom. The Hall–Kier alpha value is -7.36. The molecule has 3 heteroatoms. The van der Waals surface area contributed by atoms with Crippen LogP contribution in [0.3, 0.4) is 0 Å². The fourth-order valence-corrected chi connectivity index (χ4v) is 9.01. The Labute approximate surface area is 338 Å². The molecule has 0 saturated heterocycles. The minimum absolute atomic E-state index is 0.199. The van der Waals surface area contributed by atoms with Crippen LogP contribution in [0.25, 0.3) is 100 Å². The Kier molecular flexibility index (Phi) is 7.84. The zero-order valence-corrected chi connectivity index (χ0v) is 32.3. The number of fused-ring (bicyclic) bond motifs is 6. The third-order valence-electron chi connectivity index (χ3n) is 11.9. The van der Waals surface area contributed by atoms with Gasteiger partial charge in [-0.3, -0.25) is 0 Å². The van der Waals surface area contributed by atoms with Crippen LogP contribution in [0.2, 0.25) is 0 Å². The van der Waals surface area contributed by atoms with E-state index in [9.17, 15) is 0 Å². The lowest BCUT2D eigenvalue weighted by Gasteiger charge is -2.24. The Morgan fingerprint density at radius 1 is 0.362 bits per heavy atom. The van der Waals surface area contributed by atoms with Crippen LogP contribution < -0.4 is 0 Å². The summed E-state index contributed by atoms with van der Waals surface area (Å²) in [6.07, 6.45) is 0. The van der Waals surface area contributed by atoms with Crippen molar-refractivity contribution < 1.29 is 4.42 Å². The average molecular weight is 743 g/mol. The van der Waals surface area contributed by atoms with Gasteiger partial charge in [0.25, 0.3) is 0 Å². The van der Waals surface area contributed by atoms with Crippen LogP contribution in [0.15, 0.2) is 199 Å². The molecule has 1 aliphatic carbocycles. The monoisotopic (exact) mass is 742 g/mol. The lowest BCUT2D eigenvalue weighted by atomic mass is 9.79. The van der Waals surface area contributed by atoms with Crippen LogP contribution in [0.5, 0.6) is 0 Å². The second-order valence-corrected chi connectivity index (χ2v) is 15.8. The van der Waals surface area contributed by atoms with Crippen LogP contribution in [0, 0.1) is 0 Å². The predicted molar refractivity (Wildman–Crippen MR) is 239 cm³/mol. The first-order valence-electron chi connectivity index (χ1n) is 19.9. The van der Waals surface area contributed by atoms with Crippen LogP contribution in [-0.2, 0) is 5.41 Å². The first-order chi connectivity index (χ1) is 28.5. The summed E-state index contributed by atoms with van der Waals surface area (Å²) in [5.41, 5.74) is 18.5. The maximum Gasteiger partial charge on any atom is 0.160 e. The molecule has 3 nitrogen and oxygen atoms in total. The van der Waals surface area contributed by atoms with Crippen LogP contribution in [0.4, 0.5) is 0 Å². The fourth-order valence-electron chi connectivity index (χ4n) is 9.01. The van der Waals surface area contributed by atoms with Gasteiger partial charge in [-0.2, -0.15) is 0 Å². The summed E-state index contributed by atoms with van der Waals surface area (Å²) in [6, 6.07) is 69.0. The fraction of sp³-hybridized carbons (Fsp3) is 0.0545. The summed E-state index contributed by atoms with van der Waals surface area (Å²) < 4.78 is 6.24. The van der Waals surface area contributed by atoms with E-state index in [1.54, 1.807) is 0 Å². The van der Waals surface area contributed by atoms with Gasteiger partial charge in [-0.1, -0.05) is 166 Å². The molecule has 0 N–H and O–H groups in total. The number of aromatic nitrogens is 2. The van der Waals surface area contributed by atoms with E-state index in [-0.39, 0.29) is 5.41 Å². The van der Waals surface area contributed by atoms with Gasteiger partial charge in [0.05, 0.1) is 11.4 Å². The van der Waals surface area contributed by atoms with Gasteiger partial charge in [0.15, 0.2) is 5.82 Å². The number of furan rings is 1. The topological polar surface area (TPSA) is 38.9 Å². The van der Waals surface area contributed by atoms with E-state index in [1.807, 2.05) is 18.2 Å². The normalized spacial score (nSPS) is 12.8. The highest BCUT2D eigenvalue weighted by molar-refractivity contribution is 6.06. The Balaban J connectivity index is 1.13. The maximum absolute atomic E-state index is 6.24. The molecular weight excluding hydrogens is 705 g/mol. The smallest absolute Gasteiger partial charge is 0.160 e. The zero-order valence-electron chi connectivity index (χ0n) is 32.3. The van der Waals surface area contributed by atoms with E-state index in [4.69, 9.17) is 14.4 Å². The highest BCUT2D eigenvalue weighted by Crippen LogP contribution is 2.52. The molecule has 0 amide bonds. The van der Waals surface area contributed by atoms with E-state index in [2.05, 4.69) is 190 Å². The van der Waals surface area contributed by atoms with Crippen molar-refractivity contribution in [1.82, 2.24) is 9.97 Å². The molecule has 10 aromatic rings. The van der Waals surface area contributed by atoms with E-state index >= 15 is 0 Å². The van der Waals surface area contributed by atoms with Crippen LogP contribution in [0.1, 0.15) is 25.0 Å². The second-order valence-electron chi connectivity index (χ2n) is 15.8. The van der Waals surface area contributed by atoms with Gasteiger partial charge in [0.1, 0.15) is 11.2 Å². The minimum atomic E-state index is -0.199. The number of para-hydroxylation sites is 1. The van der Waals surface area contributed by atoms with Crippen molar-refractivity contribution in [2.24, 2.45) is 0 Å². The summed E-state index contributed by atoms with van der Waals surface area (Å²) in [7, 11) is 0. The maximum atomic E-state index is 6.24. The molecule has 0 unspecified atom stereocenters. The van der Waals surface area contributed by atoms with Crippen molar-refractivity contribution in [1.29, 1.82) is 0 Å². The molecule has 0 bridgehead atoms. The molecule has 0 saturated carbocycles. The standard InChI is InChI=1S/C55H38N2O/c1-55(2)48-22-11-9-18-43(48)45-20-13-21-46(53(45)55)50-34-49(56-54(57-50)38-16-7-4-8-17-38)42-31-40(37-26-24-36(25-27-37)35-14-5-3-6-15-35)30-41(32-42)39-28-29-52-47(33-39)44-19-10-12-23-51(44)58-52/h3-34H,1-2H3. The van der Waals surface area contributed by atoms with Gasteiger partial charge in [0, 0.05) is 32.9 Å². The van der Waals surface area contributed by atoms with Gasteiger partial charge < -0.3 is 4.42 Å². The first-order valence-corrected chi connectivity index (χ1v) is 19.9. The number of rotatable bonds is 6. The van der Waals surface area contributed by atoms with Gasteiger partial charge in [-0.15, -0.1) is 0 Å². The molecule has 0 radical (unpaired) electrons. The van der Waals surface area contributed by atoms with Crippen molar-refractivity contribution in [3.8, 4) is 78.4 Å². The molecule has 0 atom stereocenters. The molecule has 8 aromatic carbocycles. The van der Waals surface area contributed by atoms with Crippen molar-refractivity contribution in [2.75, 3.05) is 0 Å². The van der Waals surface area contributed by atoms with Crippen molar-refractivity contribution in [3.63, 3.8) is 0 Å². The van der Waals surface area contributed by atoms with E-state index in [0.717, 1.165) is 72.3 Å². The Bertz CT molecular complexity index is 3180. The quantitative estimate of drug-likeness (QED) is 0.170. The van der Waals surface area contributed by atoms with Crippen LogP contribution in [-0.4, -0.2) is 9.97 Å². The first kappa shape index (κ1) is 33.9. The highest BCUT2D eigenvalue weighted by atomic mass is 16.3. The molecule has 58 heavy (non-hydrogen) atoms. The molecule has 274 valence electrons. The highest BCUT2D eigenvalue weighted by Gasteiger charge is 2.37. The SMILES string of the molecule is CC1(C)c2ccccc2-c2cccc(-c3cc(-c4cc(-c5ccc(-c6ccccc6)cc5)cc(-c5ccc6oc7ccccc7c6c5)c4)nc(-c4ccccc4)n3)c21. The average Bonchev–Trinajstić information content (AvgIpc) is 3.78. The van der Waals surface area contributed by atoms with E-state index in [0.29, 0.717) is 5.82 Å². The largest absolute Gasteiger partial charge is 0.456 e. The summed E-state index contributed by atoms with van der Waals surface area (Å²) in [5, 5.41) is 2.21. The predicted octanol–water partition coefficient (Wildman–Crippen LogP) is 14.7. The van der Waals surface area contributed by atoms with E-state index < -0.39 is 0 Å². The summed E-state index contributed by atoms with van der Waals surface area (Å²) in [4.78, 5) is 10.7. The lowest BCUT2D eigenvalue weighted by molar-refractivity contribution is 0.662. The van der Waals surface area contributed by atoms with Gasteiger partial charge in [-0.25, -0.2) is 9.97 Å². The van der Waals surface area contributed by atoms with E-state index in [1.165, 1.54) is 33.4 Å². The number of hydrogen-bond acceptors (Lipinski definition) is 3. The lowest BCUT2D eigenvalue weighted by Crippen LogP contribution is -2.16. The van der Waals surface area contributed by atoms with Gasteiger partial charge >= 0.3 is 0 Å². The molecule has 0 aliphatic heterocycles. The van der Waals surface area contributed by atoms with Gasteiger partial charge in [0.2, 0.25) is 0 Å². The van der Waals surface area contributed by atoms with Gasteiger partial charge in [-0.05, 0) is 98.1 Å². The molecule has 0 spiro atoms. The molecule has 1 aliphatic rings. The molecular formula is C55H38N2O. The van der Waals surface area contributed by atoms with Crippen LogP contribution >= 0.6 is 0 Å². The number of benzene rings is 8. The van der Waals surface area contributed by atoms with Crippen molar-refractivity contribution in [3.05, 3.63) is 205 Å². The molecule has 2 heterocycles. The second kappa shape index (κ2) is 13.4. The third kappa shape index (κ3) is 5.66. The molecule has 2 aromatic heterocycles. The third-order valence-corrected chi connectivity index (χ3v) is 11.9. The molecule has 0 fully saturated rings. The number of nitrogens with zero attached hydrogens (tertiary/aromatic N) is 2. The summed E-state index contributed by atoms with van der Waals surface area (Å²) >= 11 is 0. The Morgan fingerprint density at radius 2 is 0.914 bits per heavy atom. The minimum Gasteiger partial charge on any atom is -0.456 e. The summed E-state index contributed by atoms with van der Waals surface area (Å²) in [5.74, 6) is 0.699. The summed E-state index contributed by atoms with van der Waals surface area (Å²) in [6.45, 7) is 4.67. The van der Waals surface area contributed by atoms with Crippen molar-refractivity contribution >= 4 is 21.9 Å². The number of hydrogen-bond donors (Lipinski definition) is 0. The molecule has 11 rings (SSSR count).